The highest BCUT2D eigenvalue weighted by atomic mass is 16.6. The number of amides is 1. The Morgan fingerprint density at radius 2 is 2.23 bits per heavy atom. The van der Waals surface area contributed by atoms with Gasteiger partial charge in [-0.1, -0.05) is 0 Å². The Labute approximate surface area is 132 Å². The first-order chi connectivity index (χ1) is 10.3. The van der Waals surface area contributed by atoms with Crippen LogP contribution in [0.1, 0.15) is 33.6 Å². The molecule has 2 rings (SSSR count). The average molecular weight is 306 g/mol. The predicted molar refractivity (Wildman–Crippen MR) is 87.9 cm³/mol. The zero-order chi connectivity index (χ0) is 16.3. The number of anilines is 2. The fourth-order valence-electron chi connectivity index (χ4n) is 2.66. The van der Waals surface area contributed by atoms with Crippen molar-refractivity contribution in [2.24, 2.45) is 0 Å². The molecule has 6 heteroatoms. The number of rotatable bonds is 2. The Morgan fingerprint density at radius 3 is 2.86 bits per heavy atom. The standard InChI is InChI=1S/C16H26N4O2/c1-16(2,3)22-15(21)19(4)12-6-5-9-20(11-12)14-7-8-18-10-13(14)17/h7-8,10,12H,5-6,9,11,17H2,1-4H3. The number of hydrogen-bond acceptors (Lipinski definition) is 5. The minimum absolute atomic E-state index is 0.121. The summed E-state index contributed by atoms with van der Waals surface area (Å²) in [4.78, 5) is 20.2. The van der Waals surface area contributed by atoms with Gasteiger partial charge in [0.15, 0.2) is 0 Å². The maximum Gasteiger partial charge on any atom is 0.410 e. The van der Waals surface area contributed by atoms with Gasteiger partial charge in [-0.15, -0.1) is 0 Å². The summed E-state index contributed by atoms with van der Waals surface area (Å²) in [6, 6.07) is 2.04. The molecule has 1 unspecified atom stereocenters. The molecule has 2 N–H and O–H groups in total. The van der Waals surface area contributed by atoms with Crippen LogP contribution < -0.4 is 10.6 Å². The Kier molecular flexibility index (Phi) is 4.78. The van der Waals surface area contributed by atoms with E-state index in [2.05, 4.69) is 9.88 Å². The Bertz CT molecular complexity index is 527. The van der Waals surface area contributed by atoms with Crippen LogP contribution in [-0.2, 0) is 4.74 Å². The zero-order valence-electron chi connectivity index (χ0n) is 13.9. The molecule has 1 aliphatic rings. The second-order valence-corrected chi connectivity index (χ2v) is 6.77. The number of nitrogens with zero attached hydrogens (tertiary/aromatic N) is 3. The Morgan fingerprint density at radius 1 is 1.50 bits per heavy atom. The van der Waals surface area contributed by atoms with Crippen LogP contribution in [0.3, 0.4) is 0 Å². The van der Waals surface area contributed by atoms with Crippen LogP contribution in [-0.4, -0.2) is 47.8 Å². The van der Waals surface area contributed by atoms with Crippen LogP contribution in [0.25, 0.3) is 0 Å². The van der Waals surface area contributed by atoms with Crippen molar-refractivity contribution in [1.82, 2.24) is 9.88 Å². The third-order valence-electron chi connectivity index (χ3n) is 3.79. The van der Waals surface area contributed by atoms with E-state index in [-0.39, 0.29) is 12.1 Å². The normalized spacial score (nSPS) is 18.9. The van der Waals surface area contributed by atoms with Crippen molar-refractivity contribution in [1.29, 1.82) is 0 Å². The maximum atomic E-state index is 12.2. The van der Waals surface area contributed by atoms with E-state index in [4.69, 9.17) is 10.5 Å². The van der Waals surface area contributed by atoms with Crippen molar-refractivity contribution >= 4 is 17.5 Å². The van der Waals surface area contributed by atoms with Gasteiger partial charge in [-0.25, -0.2) is 4.79 Å². The summed E-state index contributed by atoms with van der Waals surface area (Å²) in [7, 11) is 1.80. The highest BCUT2D eigenvalue weighted by Crippen LogP contribution is 2.26. The van der Waals surface area contributed by atoms with Gasteiger partial charge in [0.25, 0.3) is 0 Å². The van der Waals surface area contributed by atoms with Crippen molar-refractivity contribution in [2.75, 3.05) is 30.8 Å². The number of pyridine rings is 1. The minimum Gasteiger partial charge on any atom is -0.444 e. The quantitative estimate of drug-likeness (QED) is 0.909. The number of piperidine rings is 1. The Hall–Kier alpha value is -1.98. The monoisotopic (exact) mass is 306 g/mol. The van der Waals surface area contributed by atoms with Gasteiger partial charge in [-0.05, 0) is 39.7 Å². The molecule has 2 heterocycles. The smallest absolute Gasteiger partial charge is 0.410 e. The van der Waals surface area contributed by atoms with Crippen LogP contribution in [0.5, 0.6) is 0 Å². The lowest BCUT2D eigenvalue weighted by Gasteiger charge is -2.39. The molecule has 0 radical (unpaired) electrons. The summed E-state index contributed by atoms with van der Waals surface area (Å²) in [5.74, 6) is 0. The molecular formula is C16H26N4O2. The van der Waals surface area contributed by atoms with Crippen LogP contribution in [0.15, 0.2) is 18.5 Å². The molecular weight excluding hydrogens is 280 g/mol. The van der Waals surface area contributed by atoms with E-state index in [1.807, 2.05) is 26.8 Å². The topological polar surface area (TPSA) is 71.7 Å². The van der Waals surface area contributed by atoms with Gasteiger partial charge in [0.1, 0.15) is 5.60 Å². The largest absolute Gasteiger partial charge is 0.444 e. The Balaban J connectivity index is 2.04. The highest BCUT2D eigenvalue weighted by Gasteiger charge is 2.29. The lowest BCUT2D eigenvalue weighted by atomic mass is 10.0. The summed E-state index contributed by atoms with van der Waals surface area (Å²) in [5.41, 5.74) is 7.18. The number of aromatic nitrogens is 1. The van der Waals surface area contributed by atoms with E-state index in [1.165, 1.54) is 0 Å². The maximum absolute atomic E-state index is 12.2. The van der Waals surface area contributed by atoms with E-state index in [0.29, 0.717) is 5.69 Å². The van der Waals surface area contributed by atoms with Gasteiger partial charge in [-0.3, -0.25) is 4.98 Å². The molecule has 1 aromatic rings. The summed E-state index contributed by atoms with van der Waals surface area (Å²) in [5, 5.41) is 0. The fraction of sp³-hybridized carbons (Fsp3) is 0.625. The molecule has 0 bridgehead atoms. The predicted octanol–water partition coefficient (Wildman–Crippen LogP) is 2.50. The second kappa shape index (κ2) is 6.42. The van der Waals surface area contributed by atoms with Crippen molar-refractivity contribution in [3.63, 3.8) is 0 Å². The van der Waals surface area contributed by atoms with E-state index < -0.39 is 5.60 Å². The van der Waals surface area contributed by atoms with Gasteiger partial charge >= 0.3 is 6.09 Å². The van der Waals surface area contributed by atoms with Gasteiger partial charge < -0.3 is 20.3 Å². The summed E-state index contributed by atoms with van der Waals surface area (Å²) in [6.07, 6.45) is 5.11. The molecule has 1 saturated heterocycles. The fourth-order valence-corrected chi connectivity index (χ4v) is 2.66. The number of carbonyl (C=O) groups is 1. The van der Waals surface area contributed by atoms with Gasteiger partial charge in [-0.2, -0.15) is 0 Å². The highest BCUT2D eigenvalue weighted by molar-refractivity contribution is 5.69. The van der Waals surface area contributed by atoms with E-state index in [9.17, 15) is 4.79 Å². The van der Waals surface area contributed by atoms with Crippen molar-refractivity contribution in [3.8, 4) is 0 Å². The first-order valence-electron chi connectivity index (χ1n) is 7.68. The van der Waals surface area contributed by atoms with Crippen LogP contribution in [0.2, 0.25) is 0 Å². The molecule has 1 aromatic heterocycles. The van der Waals surface area contributed by atoms with Crippen molar-refractivity contribution in [2.45, 2.75) is 45.3 Å². The molecule has 1 atom stereocenters. The summed E-state index contributed by atoms with van der Waals surface area (Å²) >= 11 is 0. The molecule has 6 nitrogen and oxygen atoms in total. The van der Waals surface area contributed by atoms with Crippen molar-refractivity contribution in [3.05, 3.63) is 18.5 Å². The van der Waals surface area contributed by atoms with Crippen molar-refractivity contribution < 1.29 is 9.53 Å². The number of hydrogen-bond donors (Lipinski definition) is 1. The van der Waals surface area contributed by atoms with E-state index in [1.54, 1.807) is 24.3 Å². The third-order valence-corrected chi connectivity index (χ3v) is 3.79. The van der Waals surface area contributed by atoms with E-state index >= 15 is 0 Å². The summed E-state index contributed by atoms with van der Waals surface area (Å²) < 4.78 is 5.45. The molecule has 1 amide bonds. The van der Waals surface area contributed by atoms with E-state index in [0.717, 1.165) is 31.6 Å². The zero-order valence-corrected chi connectivity index (χ0v) is 13.9. The molecule has 0 aliphatic carbocycles. The summed E-state index contributed by atoms with van der Waals surface area (Å²) in [6.45, 7) is 7.33. The van der Waals surface area contributed by atoms with Crippen LogP contribution in [0, 0.1) is 0 Å². The molecule has 122 valence electrons. The second-order valence-electron chi connectivity index (χ2n) is 6.77. The molecule has 1 fully saturated rings. The number of nitrogens with two attached hydrogens (primary N) is 1. The molecule has 0 saturated carbocycles. The molecule has 22 heavy (non-hydrogen) atoms. The lowest BCUT2D eigenvalue weighted by molar-refractivity contribution is 0.0210. The SMILES string of the molecule is CN(C(=O)OC(C)(C)C)C1CCCN(c2ccncc2N)C1. The van der Waals surface area contributed by atoms with Crippen LogP contribution >= 0.6 is 0 Å². The molecule has 0 aromatic carbocycles. The molecule has 1 aliphatic heterocycles. The minimum atomic E-state index is -0.477. The lowest BCUT2D eigenvalue weighted by Crippen LogP contribution is -2.50. The first-order valence-corrected chi connectivity index (χ1v) is 7.68. The first kappa shape index (κ1) is 16.4. The average Bonchev–Trinajstić information content (AvgIpc) is 2.45. The van der Waals surface area contributed by atoms with Gasteiger partial charge in [0.2, 0.25) is 0 Å². The van der Waals surface area contributed by atoms with Crippen LogP contribution in [0.4, 0.5) is 16.2 Å². The van der Waals surface area contributed by atoms with Gasteiger partial charge in [0, 0.05) is 26.3 Å². The number of ether oxygens (including phenoxy) is 1. The molecule has 0 spiro atoms. The van der Waals surface area contributed by atoms with Gasteiger partial charge in [0.05, 0.1) is 23.6 Å². The number of nitrogen functional groups attached to an aromatic ring is 1. The third kappa shape index (κ3) is 4.02. The number of carbonyl (C=O) groups excluding carboxylic acids is 1. The number of likely N-dealkylation sites (N-methyl/N-ethyl adjacent to an activating group) is 1.